The van der Waals surface area contributed by atoms with Crippen LogP contribution in [0.1, 0.15) is 18.9 Å². The molecule has 0 N–H and O–H groups in total. The highest BCUT2D eigenvalue weighted by molar-refractivity contribution is 5.77. The van der Waals surface area contributed by atoms with E-state index in [4.69, 9.17) is 4.74 Å². The van der Waals surface area contributed by atoms with E-state index < -0.39 is 11.8 Å². The van der Waals surface area contributed by atoms with Gasteiger partial charge in [-0.25, -0.2) is 0 Å². The van der Waals surface area contributed by atoms with Gasteiger partial charge in [0.1, 0.15) is 5.75 Å². The molecule has 1 aliphatic rings. The number of carbonyl (C=O) groups is 1. The average molecular weight is 317 g/mol. The van der Waals surface area contributed by atoms with Crippen LogP contribution in [0, 0.1) is 5.41 Å². The van der Waals surface area contributed by atoms with Gasteiger partial charge in [-0.15, -0.1) is 13.2 Å². The van der Waals surface area contributed by atoms with E-state index in [1.807, 2.05) is 11.8 Å². The first-order chi connectivity index (χ1) is 10.2. The minimum absolute atomic E-state index is 0.236. The van der Waals surface area contributed by atoms with Gasteiger partial charge in [-0.05, 0) is 37.6 Å². The number of ether oxygens (including phenoxy) is 2. The lowest BCUT2D eigenvalue weighted by Gasteiger charge is -2.22. The number of halogens is 3. The van der Waals surface area contributed by atoms with E-state index in [1.54, 1.807) is 6.07 Å². The first-order valence-corrected chi connectivity index (χ1v) is 6.87. The van der Waals surface area contributed by atoms with E-state index in [2.05, 4.69) is 4.74 Å². The van der Waals surface area contributed by atoms with E-state index >= 15 is 0 Å². The third-order valence-electron chi connectivity index (χ3n) is 3.77. The Morgan fingerprint density at radius 3 is 2.77 bits per heavy atom. The lowest BCUT2D eigenvalue weighted by Crippen LogP contribution is -2.32. The largest absolute Gasteiger partial charge is 0.573 e. The molecule has 0 aliphatic carbocycles. The number of benzene rings is 1. The summed E-state index contributed by atoms with van der Waals surface area (Å²) in [7, 11) is 1.36. The summed E-state index contributed by atoms with van der Waals surface area (Å²) in [5.74, 6) is -0.496. The van der Waals surface area contributed by atoms with Crippen LogP contribution in [0.25, 0.3) is 0 Å². The summed E-state index contributed by atoms with van der Waals surface area (Å²) in [5.41, 5.74) is 0.144. The van der Waals surface area contributed by atoms with E-state index in [9.17, 15) is 18.0 Å². The smallest absolute Gasteiger partial charge is 0.469 e. The molecule has 1 saturated heterocycles. The molecule has 0 aromatic heterocycles. The maximum atomic E-state index is 12.2. The topological polar surface area (TPSA) is 38.8 Å². The van der Waals surface area contributed by atoms with Crippen LogP contribution in [0.2, 0.25) is 0 Å². The SMILES string of the molecule is COC(=O)C1(C)CCN(Cc2cccc(OC(F)(F)F)c2)C1. The standard InChI is InChI=1S/C15H18F3NO3/c1-14(13(20)21-2)6-7-19(10-14)9-11-4-3-5-12(8-11)22-15(16,17)18/h3-5,8H,6-7,9-10H2,1-2H3. The Kier molecular flexibility index (Phi) is 4.65. The molecule has 22 heavy (non-hydrogen) atoms. The summed E-state index contributed by atoms with van der Waals surface area (Å²) in [6, 6.07) is 5.88. The molecule has 1 unspecified atom stereocenters. The van der Waals surface area contributed by atoms with Crippen molar-refractivity contribution in [3.05, 3.63) is 29.8 Å². The first kappa shape index (κ1) is 16.6. The van der Waals surface area contributed by atoms with Crippen molar-refractivity contribution >= 4 is 5.97 Å². The molecule has 7 heteroatoms. The van der Waals surface area contributed by atoms with Crippen molar-refractivity contribution in [2.75, 3.05) is 20.2 Å². The Bertz CT molecular complexity index is 547. The third-order valence-corrected chi connectivity index (χ3v) is 3.77. The summed E-state index contributed by atoms with van der Waals surface area (Å²) >= 11 is 0. The van der Waals surface area contributed by atoms with Crippen molar-refractivity contribution in [2.24, 2.45) is 5.41 Å². The molecule has 0 bridgehead atoms. The van der Waals surface area contributed by atoms with Crippen LogP contribution in [0.5, 0.6) is 5.75 Å². The van der Waals surface area contributed by atoms with Crippen molar-refractivity contribution in [3.8, 4) is 5.75 Å². The van der Waals surface area contributed by atoms with Crippen LogP contribution < -0.4 is 4.74 Å². The number of carbonyl (C=O) groups excluding carboxylic acids is 1. The number of methoxy groups -OCH3 is 1. The second kappa shape index (κ2) is 6.16. The summed E-state index contributed by atoms with van der Waals surface area (Å²) in [6.07, 6.45) is -4.03. The van der Waals surface area contributed by atoms with Crippen LogP contribution in [0.4, 0.5) is 13.2 Å². The number of esters is 1. The molecule has 0 amide bonds. The van der Waals surface area contributed by atoms with Gasteiger partial charge in [-0.1, -0.05) is 12.1 Å². The Morgan fingerprint density at radius 2 is 2.14 bits per heavy atom. The Labute approximate surface area is 126 Å². The van der Waals surface area contributed by atoms with E-state index in [-0.39, 0.29) is 11.7 Å². The molecule has 1 aliphatic heterocycles. The highest BCUT2D eigenvalue weighted by Crippen LogP contribution is 2.32. The normalized spacial score (nSPS) is 22.6. The van der Waals surface area contributed by atoms with Gasteiger partial charge in [-0.2, -0.15) is 0 Å². The van der Waals surface area contributed by atoms with Crippen molar-refractivity contribution in [1.29, 1.82) is 0 Å². The lowest BCUT2D eigenvalue weighted by molar-refractivity contribution is -0.274. The molecule has 1 heterocycles. The molecular formula is C15H18F3NO3. The third kappa shape index (κ3) is 4.13. The van der Waals surface area contributed by atoms with Gasteiger partial charge in [-0.3, -0.25) is 9.69 Å². The van der Waals surface area contributed by atoms with Crippen molar-refractivity contribution in [2.45, 2.75) is 26.3 Å². The van der Waals surface area contributed by atoms with Gasteiger partial charge in [0.15, 0.2) is 0 Å². The Morgan fingerprint density at radius 1 is 1.41 bits per heavy atom. The van der Waals surface area contributed by atoms with Gasteiger partial charge in [0, 0.05) is 13.1 Å². The van der Waals surface area contributed by atoms with Crippen molar-refractivity contribution in [1.82, 2.24) is 4.90 Å². The highest BCUT2D eigenvalue weighted by Gasteiger charge is 2.41. The fourth-order valence-electron chi connectivity index (χ4n) is 2.70. The van der Waals surface area contributed by atoms with E-state index in [0.717, 1.165) is 0 Å². The number of hydrogen-bond donors (Lipinski definition) is 0. The molecule has 122 valence electrons. The predicted molar refractivity (Wildman–Crippen MR) is 73.1 cm³/mol. The molecule has 0 radical (unpaired) electrons. The number of nitrogens with zero attached hydrogens (tertiary/aromatic N) is 1. The Balaban J connectivity index is 2.00. The zero-order valence-electron chi connectivity index (χ0n) is 12.4. The minimum atomic E-state index is -4.70. The zero-order valence-corrected chi connectivity index (χ0v) is 12.4. The molecule has 1 aromatic rings. The van der Waals surface area contributed by atoms with Gasteiger partial charge in [0.2, 0.25) is 0 Å². The van der Waals surface area contributed by atoms with Crippen LogP contribution in [0.15, 0.2) is 24.3 Å². The second-order valence-electron chi connectivity index (χ2n) is 5.71. The van der Waals surface area contributed by atoms with Gasteiger partial charge in [0.25, 0.3) is 0 Å². The van der Waals surface area contributed by atoms with Gasteiger partial charge < -0.3 is 9.47 Å². The molecule has 1 fully saturated rings. The molecule has 0 saturated carbocycles. The molecule has 0 spiro atoms. The molecule has 1 atom stereocenters. The zero-order chi connectivity index (χ0) is 16.4. The van der Waals surface area contributed by atoms with Crippen molar-refractivity contribution in [3.63, 3.8) is 0 Å². The minimum Gasteiger partial charge on any atom is -0.469 e. The van der Waals surface area contributed by atoms with Crippen LogP contribution >= 0.6 is 0 Å². The summed E-state index contributed by atoms with van der Waals surface area (Å²) in [5, 5.41) is 0. The molecular weight excluding hydrogens is 299 g/mol. The molecule has 4 nitrogen and oxygen atoms in total. The molecule has 1 aromatic carbocycles. The monoisotopic (exact) mass is 317 g/mol. The number of rotatable bonds is 4. The lowest BCUT2D eigenvalue weighted by atomic mass is 9.90. The van der Waals surface area contributed by atoms with Gasteiger partial charge in [0.05, 0.1) is 12.5 Å². The number of likely N-dealkylation sites (tertiary alicyclic amines) is 1. The first-order valence-electron chi connectivity index (χ1n) is 6.87. The molecule has 2 rings (SSSR count). The van der Waals surface area contributed by atoms with E-state index in [1.165, 1.54) is 25.3 Å². The highest BCUT2D eigenvalue weighted by atomic mass is 19.4. The Hall–Kier alpha value is -1.76. The fourth-order valence-corrected chi connectivity index (χ4v) is 2.70. The van der Waals surface area contributed by atoms with E-state index in [0.29, 0.717) is 31.6 Å². The summed E-state index contributed by atoms with van der Waals surface area (Å²) in [6.45, 7) is 3.50. The quantitative estimate of drug-likeness (QED) is 0.800. The van der Waals surface area contributed by atoms with Crippen LogP contribution in [-0.2, 0) is 16.1 Å². The van der Waals surface area contributed by atoms with Crippen molar-refractivity contribution < 1.29 is 27.4 Å². The maximum absolute atomic E-state index is 12.2. The number of hydrogen-bond acceptors (Lipinski definition) is 4. The summed E-state index contributed by atoms with van der Waals surface area (Å²) in [4.78, 5) is 13.8. The number of alkyl halides is 3. The maximum Gasteiger partial charge on any atom is 0.573 e. The average Bonchev–Trinajstić information content (AvgIpc) is 2.79. The van der Waals surface area contributed by atoms with Crippen LogP contribution in [-0.4, -0.2) is 37.4 Å². The fraction of sp³-hybridized carbons (Fsp3) is 0.533. The predicted octanol–water partition coefficient (Wildman–Crippen LogP) is 2.97. The van der Waals surface area contributed by atoms with Gasteiger partial charge >= 0.3 is 12.3 Å². The van der Waals surface area contributed by atoms with Crippen LogP contribution in [0.3, 0.4) is 0 Å². The summed E-state index contributed by atoms with van der Waals surface area (Å²) < 4.78 is 45.4. The second-order valence-corrected chi connectivity index (χ2v) is 5.71.